The van der Waals surface area contributed by atoms with Crippen molar-refractivity contribution < 1.29 is 14.3 Å². The van der Waals surface area contributed by atoms with Gasteiger partial charge in [0.2, 0.25) is 5.91 Å². The minimum atomic E-state index is -0.153. The van der Waals surface area contributed by atoms with Crippen LogP contribution in [0.25, 0.3) is 10.9 Å². The number of amides is 1. The van der Waals surface area contributed by atoms with Gasteiger partial charge < -0.3 is 19.4 Å². The van der Waals surface area contributed by atoms with Crippen molar-refractivity contribution in [3.8, 4) is 5.75 Å². The van der Waals surface area contributed by atoms with Crippen molar-refractivity contribution in [2.45, 2.75) is 57.6 Å². The van der Waals surface area contributed by atoms with E-state index in [0.717, 1.165) is 56.0 Å². The van der Waals surface area contributed by atoms with Gasteiger partial charge in [-0.15, -0.1) is 0 Å². The highest BCUT2D eigenvalue weighted by molar-refractivity contribution is 5.81. The van der Waals surface area contributed by atoms with Gasteiger partial charge >= 0.3 is 0 Å². The molecular weight excluding hydrogens is 368 g/mol. The number of carbonyl (C=O) groups excluding carboxylic acids is 1. The molecule has 4 rings (SSSR count). The van der Waals surface area contributed by atoms with E-state index < -0.39 is 0 Å². The minimum absolute atomic E-state index is 0.0753. The van der Waals surface area contributed by atoms with Crippen LogP contribution in [0.15, 0.2) is 29.1 Å². The number of aromatic nitrogens is 1. The SMILES string of the molecule is COc1ccc2cc(CN(C[C@@H]3CCCO3)C(=O)C3CCCCC3)c(=O)[nH]c2c1. The van der Waals surface area contributed by atoms with Gasteiger partial charge in [-0.2, -0.15) is 0 Å². The molecule has 2 fully saturated rings. The standard InChI is InChI=1S/C23H30N2O4/c1-28-19-10-9-17-12-18(22(26)24-21(17)13-19)14-25(15-20-8-5-11-29-20)23(27)16-6-3-2-4-7-16/h9-10,12-13,16,20H,2-8,11,14-15H2,1H3,(H,24,26)/t20-/m0/s1. The molecule has 1 amide bonds. The van der Waals surface area contributed by atoms with Crippen LogP contribution in [-0.4, -0.2) is 42.2 Å². The number of H-pyrrole nitrogens is 1. The third-order valence-electron chi connectivity index (χ3n) is 6.21. The summed E-state index contributed by atoms with van der Waals surface area (Å²) in [5.41, 5.74) is 1.20. The summed E-state index contributed by atoms with van der Waals surface area (Å²) in [4.78, 5) is 30.8. The van der Waals surface area contributed by atoms with E-state index in [0.29, 0.717) is 24.4 Å². The zero-order valence-corrected chi connectivity index (χ0v) is 17.1. The van der Waals surface area contributed by atoms with E-state index in [1.54, 1.807) is 7.11 Å². The summed E-state index contributed by atoms with van der Waals surface area (Å²) in [6.45, 7) is 1.65. The maximum atomic E-state index is 13.3. The van der Waals surface area contributed by atoms with E-state index in [1.165, 1.54) is 6.42 Å². The Labute approximate surface area is 171 Å². The summed E-state index contributed by atoms with van der Waals surface area (Å²) in [6.07, 6.45) is 7.43. The second-order valence-corrected chi connectivity index (χ2v) is 8.27. The Hall–Kier alpha value is -2.34. The summed E-state index contributed by atoms with van der Waals surface area (Å²) < 4.78 is 11.0. The molecule has 1 aromatic heterocycles. The molecule has 0 radical (unpaired) electrons. The summed E-state index contributed by atoms with van der Waals surface area (Å²) in [7, 11) is 1.60. The predicted molar refractivity (Wildman–Crippen MR) is 112 cm³/mol. The highest BCUT2D eigenvalue weighted by atomic mass is 16.5. The minimum Gasteiger partial charge on any atom is -0.497 e. The van der Waals surface area contributed by atoms with Crippen LogP contribution in [0.1, 0.15) is 50.5 Å². The first-order valence-electron chi connectivity index (χ1n) is 10.7. The zero-order chi connectivity index (χ0) is 20.2. The van der Waals surface area contributed by atoms with E-state index in [-0.39, 0.29) is 23.5 Å². The zero-order valence-electron chi connectivity index (χ0n) is 17.1. The Kier molecular flexibility index (Phi) is 6.19. The Morgan fingerprint density at radius 2 is 2.00 bits per heavy atom. The van der Waals surface area contributed by atoms with Crippen LogP contribution in [0, 0.1) is 5.92 Å². The fourth-order valence-corrected chi connectivity index (χ4v) is 4.55. The normalized spacial score (nSPS) is 20.1. The third-order valence-corrected chi connectivity index (χ3v) is 6.21. The van der Waals surface area contributed by atoms with Gasteiger partial charge in [0.15, 0.2) is 0 Å². The van der Waals surface area contributed by atoms with Crippen molar-refractivity contribution in [2.24, 2.45) is 5.92 Å². The van der Waals surface area contributed by atoms with E-state index in [2.05, 4.69) is 4.98 Å². The van der Waals surface area contributed by atoms with E-state index >= 15 is 0 Å². The highest BCUT2D eigenvalue weighted by Gasteiger charge is 2.29. The first-order valence-corrected chi connectivity index (χ1v) is 10.7. The molecule has 1 aliphatic heterocycles. The predicted octanol–water partition coefficient (Wildman–Crippen LogP) is 3.62. The molecule has 2 aromatic rings. The molecule has 29 heavy (non-hydrogen) atoms. The van der Waals surface area contributed by atoms with Crippen molar-refractivity contribution in [2.75, 3.05) is 20.3 Å². The van der Waals surface area contributed by atoms with Gasteiger partial charge in [-0.25, -0.2) is 0 Å². The van der Waals surface area contributed by atoms with Gasteiger partial charge in [0.05, 0.1) is 25.3 Å². The molecule has 1 N–H and O–H groups in total. The molecule has 2 aliphatic rings. The fraction of sp³-hybridized carbons (Fsp3) is 0.565. The molecule has 1 aliphatic carbocycles. The summed E-state index contributed by atoms with van der Waals surface area (Å²) >= 11 is 0. The van der Waals surface area contributed by atoms with Crippen molar-refractivity contribution in [1.29, 1.82) is 0 Å². The number of nitrogens with zero attached hydrogens (tertiary/aromatic N) is 1. The van der Waals surface area contributed by atoms with Gasteiger partial charge in [0.1, 0.15) is 5.75 Å². The molecule has 6 heteroatoms. The van der Waals surface area contributed by atoms with Crippen LogP contribution in [0.5, 0.6) is 5.75 Å². The van der Waals surface area contributed by atoms with Crippen molar-refractivity contribution >= 4 is 16.8 Å². The van der Waals surface area contributed by atoms with Crippen molar-refractivity contribution in [3.63, 3.8) is 0 Å². The van der Waals surface area contributed by atoms with Crippen molar-refractivity contribution in [3.05, 3.63) is 40.2 Å². The Morgan fingerprint density at radius 1 is 1.17 bits per heavy atom. The Morgan fingerprint density at radius 3 is 2.72 bits per heavy atom. The maximum absolute atomic E-state index is 13.3. The lowest BCUT2D eigenvalue weighted by Gasteiger charge is -2.31. The maximum Gasteiger partial charge on any atom is 0.253 e. The van der Waals surface area contributed by atoms with E-state index in [4.69, 9.17) is 9.47 Å². The first kappa shape index (κ1) is 20.0. The van der Waals surface area contributed by atoms with Crippen LogP contribution in [0.4, 0.5) is 0 Å². The largest absolute Gasteiger partial charge is 0.497 e. The number of hydrogen-bond acceptors (Lipinski definition) is 4. The van der Waals surface area contributed by atoms with Crippen LogP contribution < -0.4 is 10.3 Å². The second kappa shape index (κ2) is 8.99. The molecule has 2 heterocycles. The molecular formula is C23H30N2O4. The number of ether oxygens (including phenoxy) is 2. The number of nitrogens with one attached hydrogen (secondary N) is 1. The van der Waals surface area contributed by atoms with Gasteiger partial charge in [0.25, 0.3) is 5.56 Å². The Balaban J connectivity index is 1.59. The number of benzene rings is 1. The molecule has 1 saturated carbocycles. The fourth-order valence-electron chi connectivity index (χ4n) is 4.55. The molecule has 6 nitrogen and oxygen atoms in total. The second-order valence-electron chi connectivity index (χ2n) is 8.27. The summed E-state index contributed by atoms with van der Waals surface area (Å²) in [6, 6.07) is 7.52. The third kappa shape index (κ3) is 4.64. The topological polar surface area (TPSA) is 71.6 Å². The van der Waals surface area contributed by atoms with Crippen LogP contribution in [-0.2, 0) is 16.1 Å². The lowest BCUT2D eigenvalue weighted by Crippen LogP contribution is -2.42. The lowest BCUT2D eigenvalue weighted by molar-refractivity contribution is -0.138. The van der Waals surface area contributed by atoms with Gasteiger partial charge in [-0.3, -0.25) is 9.59 Å². The number of rotatable bonds is 6. The summed E-state index contributed by atoms with van der Waals surface area (Å²) in [5.74, 6) is 0.955. The number of methoxy groups -OCH3 is 1. The molecule has 1 atom stereocenters. The van der Waals surface area contributed by atoms with Gasteiger partial charge in [-0.05, 0) is 49.3 Å². The molecule has 1 saturated heterocycles. The van der Waals surface area contributed by atoms with Gasteiger partial charge in [0, 0.05) is 30.7 Å². The van der Waals surface area contributed by atoms with Gasteiger partial charge in [-0.1, -0.05) is 19.3 Å². The highest BCUT2D eigenvalue weighted by Crippen LogP contribution is 2.27. The first-order chi connectivity index (χ1) is 14.1. The summed E-state index contributed by atoms with van der Waals surface area (Å²) in [5, 5.41) is 0.933. The number of fused-ring (bicyclic) bond motifs is 1. The smallest absolute Gasteiger partial charge is 0.253 e. The average Bonchev–Trinajstić information content (AvgIpc) is 3.26. The molecule has 1 aromatic carbocycles. The van der Waals surface area contributed by atoms with Crippen LogP contribution in [0.3, 0.4) is 0 Å². The van der Waals surface area contributed by atoms with E-state index in [9.17, 15) is 9.59 Å². The number of pyridine rings is 1. The number of aromatic amines is 1. The monoisotopic (exact) mass is 398 g/mol. The van der Waals surface area contributed by atoms with Crippen LogP contribution >= 0.6 is 0 Å². The molecule has 0 bridgehead atoms. The lowest BCUT2D eigenvalue weighted by atomic mass is 9.88. The number of hydrogen-bond donors (Lipinski definition) is 1. The van der Waals surface area contributed by atoms with Crippen LogP contribution in [0.2, 0.25) is 0 Å². The Bertz CT molecular complexity index is 911. The average molecular weight is 399 g/mol. The quantitative estimate of drug-likeness (QED) is 0.807. The van der Waals surface area contributed by atoms with Crippen molar-refractivity contribution in [1.82, 2.24) is 9.88 Å². The van der Waals surface area contributed by atoms with E-state index in [1.807, 2.05) is 29.2 Å². The molecule has 0 unspecified atom stereocenters. The number of carbonyl (C=O) groups is 1. The molecule has 0 spiro atoms. The molecule has 156 valence electrons.